The Balaban J connectivity index is 2.00. The minimum Gasteiger partial charge on any atom is -0.396 e. The van der Waals surface area contributed by atoms with Gasteiger partial charge in [0.1, 0.15) is 6.07 Å². The van der Waals surface area contributed by atoms with Crippen molar-refractivity contribution in [3.63, 3.8) is 0 Å². The monoisotopic (exact) mass is 260 g/mol. The van der Waals surface area contributed by atoms with E-state index in [0.29, 0.717) is 11.3 Å². The maximum absolute atomic E-state index is 9.01. The molecule has 0 amide bonds. The lowest BCUT2D eigenvalue weighted by molar-refractivity contribution is 0.144. The summed E-state index contributed by atoms with van der Waals surface area (Å²) < 4.78 is 5.09. The van der Waals surface area contributed by atoms with Gasteiger partial charge in [-0.05, 0) is 12.1 Å². The molecule has 5 nitrogen and oxygen atoms in total. The maximum atomic E-state index is 9.01. The smallest absolute Gasteiger partial charge is 0.101 e. The molecule has 0 saturated carbocycles. The van der Waals surface area contributed by atoms with Gasteiger partial charge in [-0.1, -0.05) is 6.07 Å². The number of benzene rings is 1. The third kappa shape index (κ3) is 3.16. The molecular weight excluding hydrogens is 240 g/mol. The third-order valence-electron chi connectivity index (χ3n) is 3.53. The predicted octanol–water partition coefficient (Wildman–Crippen LogP) is 0.909. The second-order valence-corrected chi connectivity index (χ2v) is 4.67. The summed E-state index contributed by atoms with van der Waals surface area (Å²) in [5, 5.41) is 9.01. The molecule has 2 N–H and O–H groups in total. The van der Waals surface area contributed by atoms with Gasteiger partial charge >= 0.3 is 0 Å². The number of methoxy groups -OCH3 is 1. The zero-order valence-corrected chi connectivity index (χ0v) is 11.3. The lowest BCUT2D eigenvalue weighted by Crippen LogP contribution is -2.47. The molecular formula is C14H20N4O. The van der Waals surface area contributed by atoms with Crippen molar-refractivity contribution in [1.82, 2.24) is 4.90 Å². The number of hydrogen-bond donors (Lipinski definition) is 1. The van der Waals surface area contributed by atoms with Crippen molar-refractivity contribution >= 4 is 11.4 Å². The van der Waals surface area contributed by atoms with E-state index >= 15 is 0 Å². The normalized spacial score (nSPS) is 16.3. The van der Waals surface area contributed by atoms with Gasteiger partial charge < -0.3 is 15.4 Å². The van der Waals surface area contributed by atoms with Crippen molar-refractivity contribution in [1.29, 1.82) is 5.26 Å². The third-order valence-corrected chi connectivity index (χ3v) is 3.53. The van der Waals surface area contributed by atoms with Gasteiger partial charge in [-0.15, -0.1) is 0 Å². The summed E-state index contributed by atoms with van der Waals surface area (Å²) >= 11 is 0. The minimum absolute atomic E-state index is 0.555. The Hall–Kier alpha value is -1.77. The quantitative estimate of drug-likeness (QED) is 0.815. The summed E-state index contributed by atoms with van der Waals surface area (Å²) in [5.41, 5.74) is 8.17. The van der Waals surface area contributed by atoms with E-state index < -0.39 is 0 Å². The summed E-state index contributed by atoms with van der Waals surface area (Å²) in [6.07, 6.45) is 0. The molecule has 0 unspecified atom stereocenters. The highest BCUT2D eigenvalue weighted by molar-refractivity contribution is 5.74. The summed E-state index contributed by atoms with van der Waals surface area (Å²) in [6, 6.07) is 7.77. The molecule has 2 rings (SSSR count). The molecule has 0 aromatic heterocycles. The molecule has 0 bridgehead atoms. The Morgan fingerprint density at radius 1 is 1.32 bits per heavy atom. The van der Waals surface area contributed by atoms with Gasteiger partial charge in [0.2, 0.25) is 0 Å². The van der Waals surface area contributed by atoms with E-state index in [0.717, 1.165) is 45.0 Å². The highest BCUT2D eigenvalue weighted by atomic mass is 16.5. The summed E-state index contributed by atoms with van der Waals surface area (Å²) in [4.78, 5) is 4.63. The topological polar surface area (TPSA) is 65.5 Å². The number of piperazine rings is 1. The molecule has 1 saturated heterocycles. The molecule has 0 atom stereocenters. The van der Waals surface area contributed by atoms with Crippen molar-refractivity contribution in [2.75, 3.05) is 57.1 Å². The first kappa shape index (κ1) is 13.7. The highest BCUT2D eigenvalue weighted by Crippen LogP contribution is 2.27. The van der Waals surface area contributed by atoms with E-state index in [2.05, 4.69) is 15.9 Å². The first-order valence-electron chi connectivity index (χ1n) is 6.51. The lowest BCUT2D eigenvalue weighted by Gasteiger charge is -2.36. The van der Waals surface area contributed by atoms with Crippen molar-refractivity contribution in [2.24, 2.45) is 0 Å². The van der Waals surface area contributed by atoms with Crippen LogP contribution in [0.5, 0.6) is 0 Å². The fourth-order valence-corrected chi connectivity index (χ4v) is 2.36. The average Bonchev–Trinajstić information content (AvgIpc) is 2.46. The molecule has 1 aliphatic heterocycles. The number of nitrogens with two attached hydrogens (primary N) is 1. The average molecular weight is 260 g/mol. The standard InChI is InChI=1S/C14H20N4O/c1-19-10-9-17-5-7-18(8-6-17)13-4-2-3-12(11-15)14(13)16/h2-4H,5-10,16H2,1H3. The van der Waals surface area contributed by atoms with Gasteiger partial charge in [0.05, 0.1) is 23.5 Å². The molecule has 1 aliphatic rings. The van der Waals surface area contributed by atoms with Crippen LogP contribution in [0.3, 0.4) is 0 Å². The molecule has 19 heavy (non-hydrogen) atoms. The second-order valence-electron chi connectivity index (χ2n) is 4.67. The second kappa shape index (κ2) is 6.41. The number of para-hydroxylation sites is 1. The van der Waals surface area contributed by atoms with Crippen LogP contribution in [-0.2, 0) is 4.74 Å². The number of nitriles is 1. The van der Waals surface area contributed by atoms with Crippen LogP contribution in [0.25, 0.3) is 0 Å². The van der Waals surface area contributed by atoms with Crippen molar-refractivity contribution in [3.8, 4) is 6.07 Å². The van der Waals surface area contributed by atoms with Crippen LogP contribution in [0.15, 0.2) is 18.2 Å². The van der Waals surface area contributed by atoms with Gasteiger partial charge in [-0.2, -0.15) is 5.26 Å². The Morgan fingerprint density at radius 2 is 2.05 bits per heavy atom. The fourth-order valence-electron chi connectivity index (χ4n) is 2.36. The molecule has 0 spiro atoms. The van der Waals surface area contributed by atoms with Crippen molar-refractivity contribution in [2.45, 2.75) is 0 Å². The number of nitrogen functional groups attached to an aromatic ring is 1. The number of rotatable bonds is 4. The summed E-state index contributed by atoms with van der Waals surface area (Å²) in [5.74, 6) is 0. The van der Waals surface area contributed by atoms with Crippen LogP contribution < -0.4 is 10.6 Å². The molecule has 1 heterocycles. The van der Waals surface area contributed by atoms with Gasteiger partial charge in [-0.3, -0.25) is 4.90 Å². The number of ether oxygens (including phenoxy) is 1. The van der Waals surface area contributed by atoms with Crippen LogP contribution in [-0.4, -0.2) is 51.3 Å². The van der Waals surface area contributed by atoms with Gasteiger partial charge in [-0.25, -0.2) is 0 Å². The van der Waals surface area contributed by atoms with Crippen LogP contribution in [0.1, 0.15) is 5.56 Å². The van der Waals surface area contributed by atoms with E-state index in [4.69, 9.17) is 15.7 Å². The SMILES string of the molecule is COCCN1CCN(c2cccc(C#N)c2N)CC1. The predicted molar refractivity (Wildman–Crippen MR) is 76.1 cm³/mol. The van der Waals surface area contributed by atoms with Gasteiger partial charge in [0.15, 0.2) is 0 Å². The molecule has 1 fully saturated rings. The Labute approximate surface area is 114 Å². The zero-order valence-electron chi connectivity index (χ0n) is 11.3. The summed E-state index contributed by atoms with van der Waals surface area (Å²) in [6.45, 7) is 5.61. The first-order valence-corrected chi connectivity index (χ1v) is 6.51. The largest absolute Gasteiger partial charge is 0.396 e. The van der Waals surface area contributed by atoms with Gasteiger partial charge in [0.25, 0.3) is 0 Å². The number of anilines is 2. The van der Waals surface area contributed by atoms with Crippen LogP contribution in [0, 0.1) is 11.3 Å². The highest BCUT2D eigenvalue weighted by Gasteiger charge is 2.19. The molecule has 0 radical (unpaired) electrons. The van der Waals surface area contributed by atoms with Crippen LogP contribution >= 0.6 is 0 Å². The van der Waals surface area contributed by atoms with Crippen molar-refractivity contribution < 1.29 is 4.74 Å². The minimum atomic E-state index is 0.555. The molecule has 1 aromatic carbocycles. The zero-order chi connectivity index (χ0) is 13.7. The van der Waals surface area contributed by atoms with E-state index in [9.17, 15) is 0 Å². The molecule has 0 aliphatic carbocycles. The lowest BCUT2D eigenvalue weighted by atomic mass is 10.1. The van der Waals surface area contributed by atoms with Crippen LogP contribution in [0.2, 0.25) is 0 Å². The molecule has 5 heteroatoms. The van der Waals surface area contributed by atoms with E-state index in [-0.39, 0.29) is 0 Å². The Kier molecular flexibility index (Phi) is 4.61. The maximum Gasteiger partial charge on any atom is 0.101 e. The van der Waals surface area contributed by atoms with E-state index in [1.165, 1.54) is 0 Å². The number of nitrogens with zero attached hydrogens (tertiary/aromatic N) is 3. The number of hydrogen-bond acceptors (Lipinski definition) is 5. The fraction of sp³-hybridized carbons (Fsp3) is 0.500. The summed E-state index contributed by atoms with van der Waals surface area (Å²) in [7, 11) is 1.73. The first-order chi connectivity index (χ1) is 9.26. The van der Waals surface area contributed by atoms with E-state index in [1.807, 2.05) is 12.1 Å². The van der Waals surface area contributed by atoms with Crippen molar-refractivity contribution in [3.05, 3.63) is 23.8 Å². The van der Waals surface area contributed by atoms with E-state index in [1.54, 1.807) is 13.2 Å². The molecule has 1 aromatic rings. The molecule has 102 valence electrons. The van der Waals surface area contributed by atoms with Crippen LogP contribution in [0.4, 0.5) is 11.4 Å². The Morgan fingerprint density at radius 3 is 2.68 bits per heavy atom. The van der Waals surface area contributed by atoms with Gasteiger partial charge in [0, 0.05) is 39.8 Å². The Bertz CT molecular complexity index is 461.